The van der Waals surface area contributed by atoms with Gasteiger partial charge in [0, 0.05) is 17.8 Å². The Balaban J connectivity index is 1.57. The Morgan fingerprint density at radius 1 is 1.15 bits per heavy atom. The maximum Gasteiger partial charge on any atom is 0.286 e. The van der Waals surface area contributed by atoms with Crippen molar-refractivity contribution in [2.75, 3.05) is 5.32 Å². The van der Waals surface area contributed by atoms with Gasteiger partial charge in [-0.15, -0.1) is 0 Å². The molecule has 1 fully saturated rings. The van der Waals surface area contributed by atoms with E-state index in [0.717, 1.165) is 17.3 Å². The molecule has 1 saturated heterocycles. The number of carbonyl (C=O) groups is 3. The second-order valence-electron chi connectivity index (χ2n) is 5.94. The van der Waals surface area contributed by atoms with Crippen LogP contribution in [0.15, 0.2) is 48.5 Å². The summed E-state index contributed by atoms with van der Waals surface area (Å²) in [6.07, 6.45) is 0.439. The molecule has 1 aliphatic rings. The third kappa shape index (κ3) is 4.91. The molecule has 0 aromatic heterocycles. The van der Waals surface area contributed by atoms with Crippen LogP contribution in [0.3, 0.4) is 0 Å². The fourth-order valence-electron chi connectivity index (χ4n) is 2.64. The first-order chi connectivity index (χ1) is 12.9. The highest BCUT2D eigenvalue weighted by Gasteiger charge is 2.31. The van der Waals surface area contributed by atoms with Gasteiger partial charge in [0.25, 0.3) is 10.9 Å². The molecule has 2 aromatic carbocycles. The monoisotopic (exact) mass is 385 g/mol. The maximum absolute atomic E-state index is 12.1. The van der Waals surface area contributed by atoms with Crippen LogP contribution in [0.25, 0.3) is 0 Å². The lowest BCUT2D eigenvalue weighted by molar-refractivity contribution is -0.384. The van der Waals surface area contributed by atoms with Gasteiger partial charge in [-0.3, -0.25) is 29.8 Å². The number of hydrogen-bond acceptors (Lipinski definition) is 6. The number of non-ortho nitro benzene ring substituents is 1. The van der Waals surface area contributed by atoms with Gasteiger partial charge in [-0.2, -0.15) is 0 Å². The molecule has 3 amide bonds. The number of thioether (sulfide) groups is 1. The Kier molecular flexibility index (Phi) is 5.51. The highest BCUT2D eigenvalue weighted by Crippen LogP contribution is 2.23. The summed E-state index contributed by atoms with van der Waals surface area (Å²) in [5.41, 5.74) is 1.94. The molecule has 9 heteroatoms. The van der Waals surface area contributed by atoms with E-state index < -0.39 is 10.2 Å². The molecule has 0 radical (unpaired) electrons. The second kappa shape index (κ2) is 8.00. The van der Waals surface area contributed by atoms with Gasteiger partial charge in [-0.05, 0) is 29.7 Å². The average Bonchev–Trinajstić information content (AvgIpc) is 2.94. The van der Waals surface area contributed by atoms with Crippen LogP contribution in [0.2, 0.25) is 0 Å². The van der Waals surface area contributed by atoms with Crippen molar-refractivity contribution >= 4 is 40.2 Å². The van der Waals surface area contributed by atoms with Crippen molar-refractivity contribution in [2.45, 2.75) is 18.1 Å². The quantitative estimate of drug-likeness (QED) is 0.583. The summed E-state index contributed by atoms with van der Waals surface area (Å²) in [6.45, 7) is 0. The molecule has 0 saturated carbocycles. The lowest BCUT2D eigenvalue weighted by Gasteiger charge is -2.08. The minimum absolute atomic E-state index is 0.0183. The van der Waals surface area contributed by atoms with E-state index in [1.807, 2.05) is 0 Å². The van der Waals surface area contributed by atoms with Crippen LogP contribution in [0.5, 0.6) is 0 Å². The van der Waals surface area contributed by atoms with E-state index in [0.29, 0.717) is 17.7 Å². The number of anilines is 1. The molecular weight excluding hydrogens is 370 g/mol. The normalized spacial score (nSPS) is 16.1. The van der Waals surface area contributed by atoms with E-state index in [9.17, 15) is 24.5 Å². The first-order valence-corrected chi connectivity index (χ1v) is 8.92. The number of imide groups is 1. The molecule has 0 aliphatic carbocycles. The minimum Gasteiger partial charge on any atom is -0.326 e. The zero-order chi connectivity index (χ0) is 19.4. The van der Waals surface area contributed by atoms with Crippen LogP contribution in [0, 0.1) is 10.1 Å². The van der Waals surface area contributed by atoms with Gasteiger partial charge in [0.1, 0.15) is 0 Å². The topological polar surface area (TPSA) is 118 Å². The Morgan fingerprint density at radius 3 is 2.52 bits per heavy atom. The van der Waals surface area contributed by atoms with Gasteiger partial charge < -0.3 is 5.32 Å². The van der Waals surface area contributed by atoms with E-state index >= 15 is 0 Å². The predicted molar refractivity (Wildman–Crippen MR) is 100 cm³/mol. The van der Waals surface area contributed by atoms with Crippen molar-refractivity contribution in [3.8, 4) is 0 Å². The lowest BCUT2D eigenvalue weighted by atomic mass is 10.1. The van der Waals surface area contributed by atoms with Crippen LogP contribution in [-0.4, -0.2) is 27.2 Å². The largest absolute Gasteiger partial charge is 0.326 e. The molecular formula is C18H15N3O5S. The molecule has 27 heavy (non-hydrogen) atoms. The molecule has 1 aliphatic heterocycles. The number of amides is 3. The van der Waals surface area contributed by atoms with E-state index in [-0.39, 0.29) is 29.2 Å². The second-order valence-corrected chi connectivity index (χ2v) is 7.11. The van der Waals surface area contributed by atoms with Crippen LogP contribution in [0.1, 0.15) is 11.1 Å². The Hall–Kier alpha value is -3.20. The van der Waals surface area contributed by atoms with Crippen molar-refractivity contribution in [3.63, 3.8) is 0 Å². The van der Waals surface area contributed by atoms with Crippen molar-refractivity contribution < 1.29 is 19.3 Å². The van der Waals surface area contributed by atoms with E-state index in [1.165, 1.54) is 18.2 Å². The summed E-state index contributed by atoms with van der Waals surface area (Å²) in [7, 11) is 0. The fraction of sp³-hybridized carbons (Fsp3) is 0.167. The van der Waals surface area contributed by atoms with Crippen molar-refractivity contribution in [2.24, 2.45) is 0 Å². The van der Waals surface area contributed by atoms with Crippen LogP contribution >= 0.6 is 11.8 Å². The van der Waals surface area contributed by atoms with E-state index in [4.69, 9.17) is 0 Å². The van der Waals surface area contributed by atoms with Crippen molar-refractivity contribution in [3.05, 3.63) is 69.8 Å². The molecule has 3 rings (SSSR count). The molecule has 0 bridgehead atoms. The number of nitro groups is 1. The zero-order valence-corrected chi connectivity index (χ0v) is 14.8. The third-order valence-electron chi connectivity index (χ3n) is 3.91. The SMILES string of the molecule is O=C(Cc1cccc([N+](=O)[O-])c1)Nc1ccc(CC2SC(=O)NC2=O)cc1. The van der Waals surface area contributed by atoms with Gasteiger partial charge in [0.05, 0.1) is 16.6 Å². The predicted octanol–water partition coefficient (Wildman–Crippen LogP) is 2.67. The summed E-state index contributed by atoms with van der Waals surface area (Å²) < 4.78 is 0. The van der Waals surface area contributed by atoms with Gasteiger partial charge >= 0.3 is 0 Å². The summed E-state index contributed by atoms with van der Waals surface area (Å²) in [5, 5.41) is 15.0. The summed E-state index contributed by atoms with van der Waals surface area (Å²) in [4.78, 5) is 45.2. The summed E-state index contributed by atoms with van der Waals surface area (Å²) >= 11 is 0.970. The number of benzene rings is 2. The highest BCUT2D eigenvalue weighted by molar-refractivity contribution is 8.15. The van der Waals surface area contributed by atoms with Crippen LogP contribution < -0.4 is 10.6 Å². The van der Waals surface area contributed by atoms with Crippen molar-refractivity contribution in [1.82, 2.24) is 5.32 Å². The number of nitro benzene ring substituents is 1. The molecule has 2 N–H and O–H groups in total. The zero-order valence-electron chi connectivity index (χ0n) is 14.0. The summed E-state index contributed by atoms with van der Waals surface area (Å²) in [6, 6.07) is 12.9. The third-order valence-corrected chi connectivity index (χ3v) is 4.89. The number of rotatable bonds is 6. The average molecular weight is 385 g/mol. The first-order valence-electron chi connectivity index (χ1n) is 8.04. The van der Waals surface area contributed by atoms with Gasteiger partial charge in [0.2, 0.25) is 11.8 Å². The van der Waals surface area contributed by atoms with Gasteiger partial charge in [-0.25, -0.2) is 0 Å². The van der Waals surface area contributed by atoms with E-state index in [1.54, 1.807) is 30.3 Å². The van der Waals surface area contributed by atoms with Crippen molar-refractivity contribution in [1.29, 1.82) is 0 Å². The van der Waals surface area contributed by atoms with Crippen LogP contribution in [0.4, 0.5) is 16.2 Å². The molecule has 138 valence electrons. The number of carbonyl (C=O) groups excluding carboxylic acids is 3. The first kappa shape index (κ1) is 18.6. The Labute approximate surface area is 158 Å². The van der Waals surface area contributed by atoms with Crippen LogP contribution in [-0.2, 0) is 22.4 Å². The highest BCUT2D eigenvalue weighted by atomic mass is 32.2. The van der Waals surface area contributed by atoms with Gasteiger partial charge in [-0.1, -0.05) is 36.0 Å². The molecule has 1 heterocycles. The van der Waals surface area contributed by atoms with E-state index in [2.05, 4.69) is 10.6 Å². The molecule has 2 aromatic rings. The standard InChI is InChI=1S/C18H15N3O5S/c22-16(10-12-2-1-3-14(8-12)21(25)26)19-13-6-4-11(5-7-13)9-15-17(23)20-18(24)27-15/h1-8,15H,9-10H2,(H,19,22)(H,20,23,24). The molecule has 1 unspecified atom stereocenters. The summed E-state index contributed by atoms with van der Waals surface area (Å²) in [5.74, 6) is -0.584. The smallest absolute Gasteiger partial charge is 0.286 e. The maximum atomic E-state index is 12.1. The number of nitrogens with one attached hydrogen (secondary N) is 2. The Morgan fingerprint density at radius 2 is 1.89 bits per heavy atom. The minimum atomic E-state index is -0.503. The Bertz CT molecular complexity index is 913. The lowest BCUT2D eigenvalue weighted by Crippen LogP contribution is -2.25. The van der Waals surface area contributed by atoms with Gasteiger partial charge in [0.15, 0.2) is 0 Å². The fourth-order valence-corrected chi connectivity index (χ4v) is 3.50. The molecule has 0 spiro atoms. The molecule has 8 nitrogen and oxygen atoms in total. The number of hydrogen-bond donors (Lipinski definition) is 2. The number of nitrogens with zero attached hydrogens (tertiary/aromatic N) is 1. The molecule has 1 atom stereocenters.